The first kappa shape index (κ1) is 21.6. The van der Waals surface area contributed by atoms with Gasteiger partial charge in [-0.1, -0.05) is 29.3 Å². The molecule has 1 amide bonds. The average molecular weight is 477 g/mol. The Morgan fingerprint density at radius 3 is 2.23 bits per heavy atom. The van der Waals surface area contributed by atoms with Crippen LogP contribution in [-0.2, 0) is 14.8 Å². The molecule has 0 spiro atoms. The van der Waals surface area contributed by atoms with Crippen molar-refractivity contribution in [3.63, 3.8) is 0 Å². The number of benzene rings is 3. The lowest BCUT2D eigenvalue weighted by Crippen LogP contribution is -2.24. The number of carbonyl (C=O) groups is 1. The normalized spacial score (nSPS) is 16.5. The van der Waals surface area contributed by atoms with E-state index in [-0.39, 0.29) is 23.1 Å². The van der Waals surface area contributed by atoms with E-state index >= 15 is 0 Å². The van der Waals surface area contributed by atoms with Crippen molar-refractivity contribution in [2.24, 2.45) is 5.14 Å². The largest absolute Gasteiger partial charge is 0.457 e. The van der Waals surface area contributed by atoms with Crippen molar-refractivity contribution in [3.05, 3.63) is 82.3 Å². The van der Waals surface area contributed by atoms with Gasteiger partial charge in [-0.15, -0.1) is 0 Å². The lowest BCUT2D eigenvalue weighted by atomic mass is 9.97. The van der Waals surface area contributed by atoms with Gasteiger partial charge in [0.15, 0.2) is 0 Å². The molecule has 0 saturated carbocycles. The molecule has 0 aromatic heterocycles. The number of ether oxygens (including phenoxy) is 1. The molecule has 1 heterocycles. The average Bonchev–Trinajstić information content (AvgIpc) is 3.10. The molecule has 1 saturated heterocycles. The number of amides is 1. The highest BCUT2D eigenvalue weighted by molar-refractivity contribution is 7.89. The number of halogens is 2. The van der Waals surface area contributed by atoms with Gasteiger partial charge in [-0.25, -0.2) is 13.6 Å². The van der Waals surface area contributed by atoms with Gasteiger partial charge in [0.1, 0.15) is 11.5 Å². The van der Waals surface area contributed by atoms with Gasteiger partial charge in [0.2, 0.25) is 15.9 Å². The minimum Gasteiger partial charge on any atom is -0.457 e. The molecule has 1 aliphatic heterocycles. The quantitative estimate of drug-likeness (QED) is 0.563. The number of nitrogens with two attached hydrogens (primary N) is 1. The van der Waals surface area contributed by atoms with Crippen molar-refractivity contribution in [1.29, 1.82) is 0 Å². The highest BCUT2D eigenvalue weighted by Crippen LogP contribution is 2.39. The third kappa shape index (κ3) is 4.85. The molecule has 1 fully saturated rings. The van der Waals surface area contributed by atoms with Crippen molar-refractivity contribution < 1.29 is 17.9 Å². The minimum atomic E-state index is -3.79. The Labute approximate surface area is 190 Å². The van der Waals surface area contributed by atoms with Crippen LogP contribution in [0.4, 0.5) is 5.69 Å². The Morgan fingerprint density at radius 1 is 0.935 bits per heavy atom. The zero-order valence-electron chi connectivity index (χ0n) is 16.2. The minimum absolute atomic E-state index is 0.00389. The third-order valence-corrected chi connectivity index (χ3v) is 6.48. The number of hydrogen-bond acceptors (Lipinski definition) is 4. The van der Waals surface area contributed by atoms with Gasteiger partial charge in [-0.2, -0.15) is 0 Å². The SMILES string of the molecule is NS(=O)(=O)c1ccc(N2C[C@@H](c3ccc(Cl)cc3Oc3ccc(Cl)cc3)CC2=O)cc1. The van der Waals surface area contributed by atoms with Crippen LogP contribution < -0.4 is 14.8 Å². The molecule has 6 nitrogen and oxygen atoms in total. The zero-order valence-corrected chi connectivity index (χ0v) is 18.5. The van der Waals surface area contributed by atoms with E-state index in [4.69, 9.17) is 33.1 Å². The summed E-state index contributed by atoms with van der Waals surface area (Å²) in [5, 5.41) is 6.27. The van der Waals surface area contributed by atoms with E-state index in [2.05, 4.69) is 0 Å². The van der Waals surface area contributed by atoms with E-state index in [0.717, 1.165) is 5.56 Å². The molecule has 1 aliphatic rings. The molecule has 3 aromatic rings. The summed E-state index contributed by atoms with van der Waals surface area (Å²) in [7, 11) is -3.79. The fraction of sp³-hybridized carbons (Fsp3) is 0.136. The molecular weight excluding hydrogens is 459 g/mol. The smallest absolute Gasteiger partial charge is 0.238 e. The van der Waals surface area contributed by atoms with Crippen LogP contribution in [0.5, 0.6) is 11.5 Å². The van der Waals surface area contributed by atoms with E-state index in [0.29, 0.717) is 33.8 Å². The molecule has 0 unspecified atom stereocenters. The number of nitrogens with zero attached hydrogens (tertiary/aromatic N) is 1. The van der Waals surface area contributed by atoms with Gasteiger partial charge in [0, 0.05) is 40.2 Å². The fourth-order valence-corrected chi connectivity index (χ4v) is 4.35. The standard InChI is InChI=1S/C22H18Cl2N2O4S/c23-15-1-6-18(7-2-15)30-21-12-16(24)3-10-20(21)14-11-22(27)26(13-14)17-4-8-19(9-5-17)31(25,28)29/h1-10,12,14H,11,13H2,(H2,25,28,29)/t14-/m0/s1. The van der Waals surface area contributed by atoms with Gasteiger partial charge in [0.25, 0.3) is 0 Å². The van der Waals surface area contributed by atoms with E-state index in [1.807, 2.05) is 6.07 Å². The van der Waals surface area contributed by atoms with Crippen LogP contribution in [0.15, 0.2) is 71.6 Å². The Bertz CT molecular complexity index is 1230. The topological polar surface area (TPSA) is 89.7 Å². The number of rotatable bonds is 5. The highest BCUT2D eigenvalue weighted by Gasteiger charge is 2.33. The van der Waals surface area contributed by atoms with Crippen molar-refractivity contribution in [3.8, 4) is 11.5 Å². The summed E-state index contributed by atoms with van der Waals surface area (Å²) in [5.41, 5.74) is 1.46. The Morgan fingerprint density at radius 2 is 1.58 bits per heavy atom. The van der Waals surface area contributed by atoms with Crippen LogP contribution in [0.25, 0.3) is 0 Å². The van der Waals surface area contributed by atoms with Crippen molar-refractivity contribution in [1.82, 2.24) is 0 Å². The molecular formula is C22H18Cl2N2O4S. The fourth-order valence-electron chi connectivity index (χ4n) is 3.54. The third-order valence-electron chi connectivity index (χ3n) is 5.06. The molecule has 0 bridgehead atoms. The van der Waals surface area contributed by atoms with Crippen LogP contribution in [0, 0.1) is 0 Å². The highest BCUT2D eigenvalue weighted by atomic mass is 35.5. The van der Waals surface area contributed by atoms with E-state index in [1.54, 1.807) is 53.4 Å². The molecule has 2 N–H and O–H groups in total. The summed E-state index contributed by atoms with van der Waals surface area (Å²) in [5.74, 6) is 0.984. The molecule has 160 valence electrons. The molecule has 31 heavy (non-hydrogen) atoms. The summed E-state index contributed by atoms with van der Waals surface area (Å²) >= 11 is 12.1. The summed E-state index contributed by atoms with van der Waals surface area (Å²) < 4.78 is 29.0. The van der Waals surface area contributed by atoms with Gasteiger partial charge in [0.05, 0.1) is 4.90 Å². The molecule has 1 atom stereocenters. The molecule has 9 heteroatoms. The Kier molecular flexibility index (Phi) is 5.94. The van der Waals surface area contributed by atoms with Gasteiger partial charge in [-0.05, 0) is 60.7 Å². The first-order chi connectivity index (χ1) is 14.7. The monoisotopic (exact) mass is 476 g/mol. The summed E-state index contributed by atoms with van der Waals surface area (Å²) in [4.78, 5) is 14.3. The molecule has 0 aliphatic carbocycles. The maximum absolute atomic E-state index is 12.7. The van der Waals surface area contributed by atoms with E-state index < -0.39 is 10.0 Å². The lowest BCUT2D eigenvalue weighted by Gasteiger charge is -2.19. The number of sulfonamides is 1. The van der Waals surface area contributed by atoms with E-state index in [9.17, 15) is 13.2 Å². The first-order valence-electron chi connectivity index (χ1n) is 9.37. The second kappa shape index (κ2) is 8.51. The van der Waals surface area contributed by atoms with Crippen molar-refractivity contribution in [2.45, 2.75) is 17.2 Å². The maximum atomic E-state index is 12.7. The predicted molar refractivity (Wildman–Crippen MR) is 121 cm³/mol. The first-order valence-corrected chi connectivity index (χ1v) is 11.7. The van der Waals surface area contributed by atoms with Gasteiger partial charge < -0.3 is 9.64 Å². The summed E-state index contributed by atoms with van der Waals surface area (Å²) in [6.07, 6.45) is 0.287. The second-order valence-corrected chi connectivity index (χ2v) is 9.62. The van der Waals surface area contributed by atoms with Crippen molar-refractivity contribution >= 4 is 44.8 Å². The molecule has 4 rings (SSSR count). The maximum Gasteiger partial charge on any atom is 0.238 e. The number of anilines is 1. The Hall–Kier alpha value is -2.58. The van der Waals surface area contributed by atoms with Gasteiger partial charge >= 0.3 is 0 Å². The second-order valence-electron chi connectivity index (χ2n) is 7.18. The number of primary sulfonamides is 1. The van der Waals surface area contributed by atoms with Crippen LogP contribution in [0.2, 0.25) is 10.0 Å². The van der Waals surface area contributed by atoms with Crippen LogP contribution in [0.1, 0.15) is 17.9 Å². The molecule has 0 radical (unpaired) electrons. The Balaban J connectivity index is 1.59. The van der Waals surface area contributed by atoms with Crippen LogP contribution in [-0.4, -0.2) is 20.9 Å². The predicted octanol–water partition coefficient (Wildman–Crippen LogP) is 4.95. The van der Waals surface area contributed by atoms with Crippen LogP contribution in [0.3, 0.4) is 0 Å². The van der Waals surface area contributed by atoms with Crippen LogP contribution >= 0.6 is 23.2 Å². The van der Waals surface area contributed by atoms with Crippen molar-refractivity contribution in [2.75, 3.05) is 11.4 Å². The van der Waals surface area contributed by atoms with Gasteiger partial charge in [-0.3, -0.25) is 4.79 Å². The van der Waals surface area contributed by atoms with E-state index in [1.165, 1.54) is 12.1 Å². The number of carbonyl (C=O) groups excluding carboxylic acids is 1. The summed E-state index contributed by atoms with van der Waals surface area (Å²) in [6, 6.07) is 18.3. The zero-order chi connectivity index (χ0) is 22.2. The number of hydrogen-bond donors (Lipinski definition) is 1. The molecule has 3 aromatic carbocycles. The lowest BCUT2D eigenvalue weighted by molar-refractivity contribution is -0.117. The summed E-state index contributed by atoms with van der Waals surface area (Å²) in [6.45, 7) is 0.423.